The van der Waals surface area contributed by atoms with Gasteiger partial charge in [0.2, 0.25) is 0 Å². The Morgan fingerprint density at radius 3 is 3.12 bits per heavy atom. The maximum atomic E-state index is 4.30. The van der Waals surface area contributed by atoms with Crippen LogP contribution in [0.5, 0.6) is 0 Å². The van der Waals surface area contributed by atoms with Crippen LogP contribution in [-0.2, 0) is 26.4 Å². The van der Waals surface area contributed by atoms with Crippen molar-refractivity contribution in [3.8, 4) is 0 Å². The highest BCUT2D eigenvalue weighted by Crippen LogP contribution is 2.25. The van der Waals surface area contributed by atoms with E-state index in [0.717, 1.165) is 24.5 Å². The molecule has 0 fully saturated rings. The minimum atomic E-state index is 0.639. The number of rotatable bonds is 3. The summed E-state index contributed by atoms with van der Waals surface area (Å²) in [7, 11) is 1.93. The van der Waals surface area contributed by atoms with E-state index in [1.54, 1.807) is 12.7 Å². The third kappa shape index (κ3) is 1.86. The summed E-state index contributed by atoms with van der Waals surface area (Å²) >= 11 is 0. The maximum Gasteiger partial charge on any atom is 0.151 e. The first-order valence-corrected chi connectivity index (χ1v) is 5.74. The van der Waals surface area contributed by atoms with E-state index in [2.05, 4.69) is 25.5 Å². The van der Waals surface area contributed by atoms with Gasteiger partial charge in [0.15, 0.2) is 5.82 Å². The Bertz CT molecular complexity index is 533. The molecule has 6 nitrogen and oxygen atoms in total. The molecule has 0 unspecified atom stereocenters. The second-order valence-electron chi connectivity index (χ2n) is 4.21. The van der Waals surface area contributed by atoms with E-state index in [1.807, 2.05) is 11.6 Å². The number of anilines is 1. The summed E-state index contributed by atoms with van der Waals surface area (Å²) in [6.07, 6.45) is 6.63. The van der Waals surface area contributed by atoms with Crippen molar-refractivity contribution in [3.05, 3.63) is 29.7 Å². The third-order valence-electron chi connectivity index (χ3n) is 3.09. The molecule has 1 N–H and O–H groups in total. The van der Waals surface area contributed by atoms with Crippen molar-refractivity contribution in [2.75, 3.05) is 5.32 Å². The molecule has 2 aromatic rings. The average molecular weight is 230 g/mol. The summed E-state index contributed by atoms with van der Waals surface area (Å²) < 4.78 is 1.90. The number of nitrogens with zero attached hydrogens (tertiary/aromatic N) is 5. The SMILES string of the molecule is Cn1cnnc1CNc1ncnc2c1CCC2. The van der Waals surface area contributed by atoms with Gasteiger partial charge < -0.3 is 9.88 Å². The van der Waals surface area contributed by atoms with Gasteiger partial charge in [-0.25, -0.2) is 9.97 Å². The van der Waals surface area contributed by atoms with Gasteiger partial charge in [0.1, 0.15) is 18.5 Å². The number of aryl methyl sites for hydroxylation is 2. The first kappa shape index (κ1) is 10.2. The fourth-order valence-corrected chi connectivity index (χ4v) is 2.14. The van der Waals surface area contributed by atoms with E-state index < -0.39 is 0 Å². The van der Waals surface area contributed by atoms with Crippen molar-refractivity contribution in [1.82, 2.24) is 24.7 Å². The number of hydrogen-bond donors (Lipinski definition) is 1. The van der Waals surface area contributed by atoms with Gasteiger partial charge in [0.05, 0.1) is 6.54 Å². The Labute approximate surface area is 99.1 Å². The van der Waals surface area contributed by atoms with Crippen LogP contribution < -0.4 is 5.32 Å². The van der Waals surface area contributed by atoms with Crippen molar-refractivity contribution < 1.29 is 0 Å². The minimum Gasteiger partial charge on any atom is -0.362 e. The van der Waals surface area contributed by atoms with E-state index in [-0.39, 0.29) is 0 Å². The Morgan fingerprint density at radius 1 is 1.35 bits per heavy atom. The van der Waals surface area contributed by atoms with Crippen LogP contribution in [0.1, 0.15) is 23.5 Å². The molecule has 0 bridgehead atoms. The monoisotopic (exact) mass is 230 g/mol. The molecule has 0 radical (unpaired) electrons. The van der Waals surface area contributed by atoms with Crippen molar-refractivity contribution in [2.24, 2.45) is 7.05 Å². The standard InChI is InChI=1S/C11H14N6/c1-17-7-15-16-10(17)5-12-11-8-3-2-4-9(8)13-6-14-11/h6-7H,2-5H2,1H3,(H,12,13,14). The van der Waals surface area contributed by atoms with Gasteiger partial charge >= 0.3 is 0 Å². The van der Waals surface area contributed by atoms with E-state index in [4.69, 9.17) is 0 Å². The van der Waals surface area contributed by atoms with Crippen molar-refractivity contribution in [3.63, 3.8) is 0 Å². The molecule has 88 valence electrons. The Balaban J connectivity index is 1.78. The molecule has 6 heteroatoms. The Morgan fingerprint density at radius 2 is 2.29 bits per heavy atom. The molecule has 2 aromatic heterocycles. The summed E-state index contributed by atoms with van der Waals surface area (Å²) in [5.41, 5.74) is 2.44. The Kier molecular flexibility index (Phi) is 2.47. The number of hydrogen-bond acceptors (Lipinski definition) is 5. The fourth-order valence-electron chi connectivity index (χ4n) is 2.14. The van der Waals surface area contributed by atoms with E-state index in [1.165, 1.54) is 17.7 Å². The Hall–Kier alpha value is -1.98. The fraction of sp³-hybridized carbons (Fsp3) is 0.455. The topological polar surface area (TPSA) is 68.5 Å². The lowest BCUT2D eigenvalue weighted by atomic mass is 10.2. The summed E-state index contributed by atoms with van der Waals surface area (Å²) in [6.45, 7) is 0.639. The molecule has 1 aliphatic carbocycles. The summed E-state index contributed by atoms with van der Waals surface area (Å²) in [6, 6.07) is 0. The number of nitrogens with one attached hydrogen (secondary N) is 1. The highest BCUT2D eigenvalue weighted by atomic mass is 15.3. The predicted molar refractivity (Wildman–Crippen MR) is 62.4 cm³/mol. The molecule has 1 aliphatic rings. The van der Waals surface area contributed by atoms with Crippen LogP contribution in [0.3, 0.4) is 0 Å². The van der Waals surface area contributed by atoms with Crippen LogP contribution in [0.4, 0.5) is 5.82 Å². The van der Waals surface area contributed by atoms with Gasteiger partial charge in [-0.2, -0.15) is 0 Å². The van der Waals surface area contributed by atoms with Crippen LogP contribution in [-0.4, -0.2) is 24.7 Å². The molecule has 2 heterocycles. The molecule has 0 spiro atoms. The normalized spacial score (nSPS) is 13.7. The van der Waals surface area contributed by atoms with Gasteiger partial charge in [-0.1, -0.05) is 0 Å². The molecule has 17 heavy (non-hydrogen) atoms. The van der Waals surface area contributed by atoms with Crippen LogP contribution in [0.2, 0.25) is 0 Å². The van der Waals surface area contributed by atoms with E-state index in [0.29, 0.717) is 6.54 Å². The molecule has 0 saturated carbocycles. The molecule has 0 atom stereocenters. The van der Waals surface area contributed by atoms with Crippen LogP contribution in [0.15, 0.2) is 12.7 Å². The minimum absolute atomic E-state index is 0.639. The van der Waals surface area contributed by atoms with E-state index in [9.17, 15) is 0 Å². The molecule has 0 aromatic carbocycles. The van der Waals surface area contributed by atoms with Gasteiger partial charge in [-0.05, 0) is 19.3 Å². The lowest BCUT2D eigenvalue weighted by Gasteiger charge is -2.08. The van der Waals surface area contributed by atoms with Crippen LogP contribution in [0.25, 0.3) is 0 Å². The van der Waals surface area contributed by atoms with Crippen LogP contribution in [0, 0.1) is 0 Å². The zero-order valence-corrected chi connectivity index (χ0v) is 9.72. The van der Waals surface area contributed by atoms with Gasteiger partial charge in [0, 0.05) is 18.3 Å². The summed E-state index contributed by atoms with van der Waals surface area (Å²) in [4.78, 5) is 8.60. The molecule has 0 amide bonds. The van der Waals surface area contributed by atoms with Crippen molar-refractivity contribution in [1.29, 1.82) is 0 Å². The molecular formula is C11H14N6. The second kappa shape index (κ2) is 4.12. The molecule has 3 rings (SSSR count). The highest BCUT2D eigenvalue weighted by molar-refractivity contribution is 5.47. The number of aromatic nitrogens is 5. The summed E-state index contributed by atoms with van der Waals surface area (Å²) in [5.74, 6) is 1.84. The quantitative estimate of drug-likeness (QED) is 0.840. The summed E-state index contributed by atoms with van der Waals surface area (Å²) in [5, 5.41) is 11.2. The van der Waals surface area contributed by atoms with Gasteiger partial charge in [-0.15, -0.1) is 10.2 Å². The first-order chi connectivity index (χ1) is 8.34. The zero-order chi connectivity index (χ0) is 11.7. The van der Waals surface area contributed by atoms with E-state index >= 15 is 0 Å². The highest BCUT2D eigenvalue weighted by Gasteiger charge is 2.16. The average Bonchev–Trinajstić information content (AvgIpc) is 2.95. The molecular weight excluding hydrogens is 216 g/mol. The zero-order valence-electron chi connectivity index (χ0n) is 9.72. The largest absolute Gasteiger partial charge is 0.362 e. The molecule has 0 saturated heterocycles. The lowest BCUT2D eigenvalue weighted by molar-refractivity contribution is 0.808. The molecule has 0 aliphatic heterocycles. The second-order valence-corrected chi connectivity index (χ2v) is 4.21. The van der Waals surface area contributed by atoms with Gasteiger partial charge in [0.25, 0.3) is 0 Å². The maximum absolute atomic E-state index is 4.30. The lowest BCUT2D eigenvalue weighted by Crippen LogP contribution is -2.09. The van der Waals surface area contributed by atoms with Crippen molar-refractivity contribution >= 4 is 5.82 Å². The van der Waals surface area contributed by atoms with Crippen molar-refractivity contribution in [2.45, 2.75) is 25.8 Å². The number of fused-ring (bicyclic) bond motifs is 1. The smallest absolute Gasteiger partial charge is 0.151 e. The van der Waals surface area contributed by atoms with Gasteiger partial charge in [-0.3, -0.25) is 0 Å². The predicted octanol–water partition coefficient (Wildman–Crippen LogP) is 0.706. The van der Waals surface area contributed by atoms with Crippen LogP contribution >= 0.6 is 0 Å². The third-order valence-corrected chi connectivity index (χ3v) is 3.09. The first-order valence-electron chi connectivity index (χ1n) is 5.74.